The van der Waals surface area contributed by atoms with Gasteiger partial charge in [-0.05, 0) is 42.0 Å². The SMILES string of the molecule is COc1cc(-c2nnc(SCc3ccccc3)n2-c2ccc(N(C)C)cc2)cc(OC)c1OC. The van der Waals surface area contributed by atoms with Crippen molar-refractivity contribution in [1.29, 1.82) is 0 Å². The molecule has 0 unspecified atom stereocenters. The zero-order chi connectivity index (χ0) is 24.1. The van der Waals surface area contributed by atoms with Gasteiger partial charge in [-0.15, -0.1) is 10.2 Å². The molecule has 0 saturated heterocycles. The molecule has 1 heterocycles. The third-order valence-corrected chi connectivity index (χ3v) is 6.39. The first-order valence-electron chi connectivity index (χ1n) is 10.8. The Kier molecular flexibility index (Phi) is 7.27. The van der Waals surface area contributed by atoms with Gasteiger partial charge in [-0.1, -0.05) is 42.1 Å². The van der Waals surface area contributed by atoms with Crippen molar-refractivity contribution in [3.8, 4) is 34.3 Å². The summed E-state index contributed by atoms with van der Waals surface area (Å²) >= 11 is 1.64. The normalized spacial score (nSPS) is 10.7. The Morgan fingerprint density at radius 1 is 0.824 bits per heavy atom. The second kappa shape index (κ2) is 10.5. The number of ether oxygens (including phenoxy) is 3. The van der Waals surface area contributed by atoms with E-state index in [-0.39, 0.29) is 0 Å². The molecular formula is C26H28N4O3S. The summed E-state index contributed by atoms with van der Waals surface area (Å²) in [5.41, 5.74) is 4.11. The number of methoxy groups -OCH3 is 3. The van der Waals surface area contributed by atoms with Crippen LogP contribution in [0.15, 0.2) is 71.9 Å². The van der Waals surface area contributed by atoms with Crippen molar-refractivity contribution in [2.24, 2.45) is 0 Å². The van der Waals surface area contributed by atoms with Crippen molar-refractivity contribution < 1.29 is 14.2 Å². The largest absolute Gasteiger partial charge is 0.493 e. The number of nitrogens with zero attached hydrogens (tertiary/aromatic N) is 4. The molecule has 4 aromatic rings. The maximum Gasteiger partial charge on any atom is 0.203 e. The topological polar surface area (TPSA) is 61.6 Å². The van der Waals surface area contributed by atoms with Gasteiger partial charge in [0.1, 0.15) is 0 Å². The molecule has 7 nitrogen and oxygen atoms in total. The molecule has 8 heteroatoms. The van der Waals surface area contributed by atoms with Gasteiger partial charge in [0.15, 0.2) is 22.5 Å². The maximum absolute atomic E-state index is 5.57. The van der Waals surface area contributed by atoms with Gasteiger partial charge >= 0.3 is 0 Å². The van der Waals surface area contributed by atoms with Crippen LogP contribution < -0.4 is 19.1 Å². The van der Waals surface area contributed by atoms with Crippen molar-refractivity contribution in [1.82, 2.24) is 14.8 Å². The zero-order valence-electron chi connectivity index (χ0n) is 20.0. The average Bonchev–Trinajstić information content (AvgIpc) is 3.31. The van der Waals surface area contributed by atoms with Gasteiger partial charge in [-0.2, -0.15) is 0 Å². The Labute approximate surface area is 204 Å². The number of rotatable bonds is 9. The van der Waals surface area contributed by atoms with Crippen LogP contribution in [0.3, 0.4) is 0 Å². The molecule has 0 aliphatic heterocycles. The van der Waals surface area contributed by atoms with Crippen molar-refractivity contribution in [3.63, 3.8) is 0 Å². The fourth-order valence-corrected chi connectivity index (χ4v) is 4.52. The van der Waals surface area contributed by atoms with Gasteiger partial charge < -0.3 is 19.1 Å². The molecule has 0 radical (unpaired) electrons. The summed E-state index contributed by atoms with van der Waals surface area (Å²) in [5, 5.41) is 9.91. The van der Waals surface area contributed by atoms with Crippen LogP contribution in [-0.2, 0) is 5.75 Å². The van der Waals surface area contributed by atoms with Gasteiger partial charge in [-0.3, -0.25) is 4.57 Å². The van der Waals surface area contributed by atoms with E-state index in [1.165, 1.54) is 5.56 Å². The Bertz CT molecular complexity index is 1220. The van der Waals surface area contributed by atoms with Crippen molar-refractivity contribution in [2.75, 3.05) is 40.3 Å². The number of benzene rings is 3. The summed E-state index contributed by atoms with van der Waals surface area (Å²) in [6.45, 7) is 0. The standard InChI is InChI=1S/C26H28N4O3S/c1-29(2)20-11-13-21(14-12-20)30-25(19-15-22(31-3)24(33-5)23(16-19)32-4)27-28-26(30)34-17-18-9-7-6-8-10-18/h6-16H,17H2,1-5H3. The van der Waals surface area contributed by atoms with Crippen LogP contribution in [0.2, 0.25) is 0 Å². The van der Waals surface area contributed by atoms with E-state index in [1.54, 1.807) is 33.1 Å². The highest BCUT2D eigenvalue weighted by atomic mass is 32.2. The number of hydrogen-bond acceptors (Lipinski definition) is 7. The first-order valence-corrected chi connectivity index (χ1v) is 11.7. The van der Waals surface area contributed by atoms with E-state index in [1.807, 2.05) is 44.4 Å². The molecule has 34 heavy (non-hydrogen) atoms. The number of anilines is 1. The first kappa shape index (κ1) is 23.5. The summed E-state index contributed by atoms with van der Waals surface area (Å²) in [5.74, 6) is 3.13. The highest BCUT2D eigenvalue weighted by Gasteiger charge is 2.21. The lowest BCUT2D eigenvalue weighted by Gasteiger charge is -2.16. The Hall–Kier alpha value is -3.65. The summed E-state index contributed by atoms with van der Waals surface area (Å²) in [6.07, 6.45) is 0. The number of aromatic nitrogens is 3. The fourth-order valence-electron chi connectivity index (χ4n) is 3.62. The molecule has 176 valence electrons. The van der Waals surface area contributed by atoms with Crippen LogP contribution in [0.25, 0.3) is 17.1 Å². The summed E-state index contributed by atoms with van der Waals surface area (Å²) in [4.78, 5) is 2.07. The molecule has 0 aliphatic carbocycles. The Balaban J connectivity index is 1.82. The monoisotopic (exact) mass is 476 g/mol. The second-order valence-electron chi connectivity index (χ2n) is 7.74. The quantitative estimate of drug-likeness (QED) is 0.303. The highest BCUT2D eigenvalue weighted by Crippen LogP contribution is 2.42. The molecule has 0 amide bonds. The van der Waals surface area contributed by atoms with Crippen molar-refractivity contribution in [3.05, 3.63) is 72.3 Å². The lowest BCUT2D eigenvalue weighted by Crippen LogP contribution is -2.08. The lowest BCUT2D eigenvalue weighted by molar-refractivity contribution is 0.324. The molecule has 1 aromatic heterocycles. The molecule has 0 spiro atoms. The van der Waals surface area contributed by atoms with Gasteiger partial charge in [0.05, 0.1) is 21.3 Å². The molecule has 0 fully saturated rings. The van der Waals surface area contributed by atoms with Gasteiger partial charge in [0.2, 0.25) is 5.75 Å². The van der Waals surface area contributed by atoms with Crippen LogP contribution >= 0.6 is 11.8 Å². The highest BCUT2D eigenvalue weighted by molar-refractivity contribution is 7.98. The number of hydrogen-bond donors (Lipinski definition) is 0. The van der Waals surface area contributed by atoms with Gasteiger partial charge in [0, 0.05) is 36.8 Å². The predicted octanol–water partition coefficient (Wildman–Crippen LogP) is 5.32. The van der Waals surface area contributed by atoms with Crippen LogP contribution in [0, 0.1) is 0 Å². The molecule has 0 aliphatic rings. The van der Waals surface area contributed by atoms with E-state index in [2.05, 4.69) is 56.1 Å². The molecule has 0 bridgehead atoms. The second-order valence-corrected chi connectivity index (χ2v) is 8.68. The van der Waals surface area contributed by atoms with Gasteiger partial charge in [0.25, 0.3) is 0 Å². The van der Waals surface area contributed by atoms with Crippen LogP contribution in [0.4, 0.5) is 5.69 Å². The maximum atomic E-state index is 5.57. The fraction of sp³-hybridized carbons (Fsp3) is 0.231. The smallest absolute Gasteiger partial charge is 0.203 e. The van der Waals surface area contributed by atoms with E-state index in [9.17, 15) is 0 Å². The lowest BCUT2D eigenvalue weighted by atomic mass is 10.1. The number of thioether (sulfide) groups is 1. The van der Waals surface area contributed by atoms with E-state index in [0.29, 0.717) is 23.1 Å². The third kappa shape index (κ3) is 4.82. The minimum atomic E-state index is 0.536. The predicted molar refractivity (Wildman–Crippen MR) is 137 cm³/mol. The van der Waals surface area contributed by atoms with Crippen molar-refractivity contribution >= 4 is 17.4 Å². The van der Waals surface area contributed by atoms with Crippen molar-refractivity contribution in [2.45, 2.75) is 10.9 Å². The average molecular weight is 477 g/mol. The van der Waals surface area contributed by atoms with Crippen LogP contribution in [-0.4, -0.2) is 50.2 Å². The minimum Gasteiger partial charge on any atom is -0.493 e. The summed E-state index contributed by atoms with van der Waals surface area (Å²) in [7, 11) is 8.85. The van der Waals surface area contributed by atoms with E-state index in [4.69, 9.17) is 14.2 Å². The first-order chi connectivity index (χ1) is 16.5. The van der Waals surface area contributed by atoms with E-state index < -0.39 is 0 Å². The van der Waals surface area contributed by atoms with E-state index >= 15 is 0 Å². The summed E-state index contributed by atoms with van der Waals surface area (Å²) < 4.78 is 18.7. The molecule has 0 saturated carbocycles. The van der Waals surface area contributed by atoms with Gasteiger partial charge in [-0.25, -0.2) is 0 Å². The molecule has 4 rings (SSSR count). The summed E-state index contributed by atoms with van der Waals surface area (Å²) in [6, 6.07) is 22.4. The molecule has 3 aromatic carbocycles. The molecule has 0 atom stereocenters. The van der Waals surface area contributed by atoms with Crippen LogP contribution in [0.1, 0.15) is 5.56 Å². The Morgan fingerprint density at radius 2 is 1.47 bits per heavy atom. The van der Waals surface area contributed by atoms with Crippen LogP contribution in [0.5, 0.6) is 17.2 Å². The third-order valence-electron chi connectivity index (χ3n) is 5.39. The van der Waals surface area contributed by atoms with E-state index in [0.717, 1.165) is 27.8 Å². The molecule has 0 N–H and O–H groups in total. The zero-order valence-corrected chi connectivity index (χ0v) is 20.8. The molecular weight excluding hydrogens is 448 g/mol. The minimum absolute atomic E-state index is 0.536. The Morgan fingerprint density at radius 3 is 2.03 bits per heavy atom.